The van der Waals surface area contributed by atoms with Crippen molar-refractivity contribution in [3.8, 4) is 0 Å². The number of likely N-dealkylation sites (tertiary alicyclic amines) is 1. The van der Waals surface area contributed by atoms with Crippen LogP contribution in [0.2, 0.25) is 0 Å². The van der Waals surface area contributed by atoms with Gasteiger partial charge in [-0.2, -0.15) is 0 Å². The minimum absolute atomic E-state index is 0.299. The molecule has 1 fully saturated rings. The number of piperidine rings is 1. The van der Waals surface area contributed by atoms with Gasteiger partial charge in [0, 0.05) is 25.2 Å². The Morgan fingerprint density at radius 3 is 2.67 bits per heavy atom. The summed E-state index contributed by atoms with van der Waals surface area (Å²) in [7, 11) is 2.20. The van der Waals surface area contributed by atoms with Crippen molar-refractivity contribution in [2.45, 2.75) is 71.1 Å². The average molecular weight is 299 g/mol. The molecule has 124 valence electrons. The second-order valence-electron chi connectivity index (χ2n) is 7.03. The number of hydrogen-bond acceptors (Lipinski definition) is 4. The predicted molar refractivity (Wildman–Crippen MR) is 86.6 cm³/mol. The molecule has 5 heteroatoms. The van der Waals surface area contributed by atoms with E-state index in [0.29, 0.717) is 18.6 Å². The van der Waals surface area contributed by atoms with Crippen LogP contribution in [0.4, 0.5) is 4.79 Å². The summed E-state index contributed by atoms with van der Waals surface area (Å²) < 4.78 is 5.26. The smallest absolute Gasteiger partial charge is 0.407 e. The van der Waals surface area contributed by atoms with Crippen LogP contribution in [0.5, 0.6) is 0 Å². The fourth-order valence-corrected chi connectivity index (χ4v) is 2.59. The molecule has 1 amide bonds. The quantitative estimate of drug-likeness (QED) is 0.790. The van der Waals surface area contributed by atoms with Gasteiger partial charge < -0.3 is 20.3 Å². The van der Waals surface area contributed by atoms with E-state index in [4.69, 9.17) is 4.74 Å². The summed E-state index contributed by atoms with van der Waals surface area (Å²) in [6.45, 7) is 10.6. The first-order valence-electron chi connectivity index (χ1n) is 8.22. The third kappa shape index (κ3) is 7.67. The Labute approximate surface area is 129 Å². The summed E-state index contributed by atoms with van der Waals surface area (Å²) in [6.07, 6.45) is 4.55. The summed E-state index contributed by atoms with van der Waals surface area (Å²) in [6, 6.07) is 0.919. The van der Waals surface area contributed by atoms with E-state index in [2.05, 4.69) is 29.5 Å². The molecule has 0 aliphatic carbocycles. The fraction of sp³-hybridized carbons (Fsp3) is 0.938. The highest BCUT2D eigenvalue weighted by molar-refractivity contribution is 5.67. The van der Waals surface area contributed by atoms with E-state index in [1.54, 1.807) is 0 Å². The van der Waals surface area contributed by atoms with Crippen molar-refractivity contribution in [2.24, 2.45) is 0 Å². The number of nitrogens with one attached hydrogen (secondary N) is 2. The van der Waals surface area contributed by atoms with Gasteiger partial charge in [-0.1, -0.05) is 13.3 Å². The largest absolute Gasteiger partial charge is 0.444 e. The van der Waals surface area contributed by atoms with Crippen molar-refractivity contribution < 1.29 is 9.53 Å². The molecule has 0 spiro atoms. The van der Waals surface area contributed by atoms with Crippen molar-refractivity contribution in [1.29, 1.82) is 0 Å². The van der Waals surface area contributed by atoms with Crippen LogP contribution in [0, 0.1) is 0 Å². The molecule has 5 nitrogen and oxygen atoms in total. The van der Waals surface area contributed by atoms with Crippen LogP contribution in [0.15, 0.2) is 0 Å². The number of hydrogen-bond donors (Lipinski definition) is 2. The van der Waals surface area contributed by atoms with Gasteiger partial charge in [0.25, 0.3) is 0 Å². The van der Waals surface area contributed by atoms with Gasteiger partial charge in [-0.05, 0) is 53.6 Å². The molecule has 0 bridgehead atoms. The van der Waals surface area contributed by atoms with E-state index in [-0.39, 0.29) is 6.09 Å². The van der Waals surface area contributed by atoms with Crippen molar-refractivity contribution in [3.05, 3.63) is 0 Å². The first-order valence-corrected chi connectivity index (χ1v) is 8.22. The maximum absolute atomic E-state index is 11.7. The predicted octanol–water partition coefficient (Wildman–Crippen LogP) is 2.36. The second kappa shape index (κ2) is 8.59. The second-order valence-corrected chi connectivity index (χ2v) is 7.03. The van der Waals surface area contributed by atoms with Gasteiger partial charge >= 0.3 is 6.09 Å². The molecule has 1 aliphatic rings. The highest BCUT2D eigenvalue weighted by Gasteiger charge is 2.20. The maximum atomic E-state index is 11.7. The number of carbonyl (C=O) groups is 1. The summed E-state index contributed by atoms with van der Waals surface area (Å²) in [5, 5.41) is 6.43. The summed E-state index contributed by atoms with van der Waals surface area (Å²) in [5.41, 5.74) is -0.440. The normalized spacial score (nSPS) is 21.9. The monoisotopic (exact) mass is 299 g/mol. The third-order valence-corrected chi connectivity index (χ3v) is 3.95. The Kier molecular flexibility index (Phi) is 7.46. The van der Waals surface area contributed by atoms with Crippen molar-refractivity contribution >= 4 is 6.09 Å². The molecule has 0 radical (unpaired) electrons. The molecule has 1 rings (SSSR count). The highest BCUT2D eigenvalue weighted by Crippen LogP contribution is 2.14. The molecule has 1 heterocycles. The van der Waals surface area contributed by atoms with Crippen LogP contribution in [0.3, 0.4) is 0 Å². The number of carbonyl (C=O) groups excluding carboxylic acids is 1. The molecule has 2 atom stereocenters. The van der Waals surface area contributed by atoms with E-state index >= 15 is 0 Å². The molecule has 0 aromatic heterocycles. The number of amides is 1. The van der Waals surface area contributed by atoms with Crippen molar-refractivity contribution in [2.75, 3.05) is 26.7 Å². The number of alkyl carbamates (subject to hydrolysis) is 1. The molecule has 0 aromatic carbocycles. The minimum atomic E-state index is -0.440. The van der Waals surface area contributed by atoms with Gasteiger partial charge in [-0.25, -0.2) is 4.79 Å². The van der Waals surface area contributed by atoms with E-state index in [1.807, 2.05) is 20.8 Å². The average Bonchev–Trinajstić information content (AvgIpc) is 2.38. The molecule has 21 heavy (non-hydrogen) atoms. The third-order valence-electron chi connectivity index (χ3n) is 3.95. The molecule has 1 aliphatic heterocycles. The number of likely N-dealkylation sites (N-methyl/N-ethyl adjacent to an activating group) is 1. The molecular formula is C16H33N3O2. The van der Waals surface area contributed by atoms with Gasteiger partial charge in [0.2, 0.25) is 0 Å². The summed E-state index contributed by atoms with van der Waals surface area (Å²) in [5.74, 6) is 0. The number of rotatable bonds is 6. The van der Waals surface area contributed by atoms with E-state index in [1.165, 1.54) is 25.8 Å². The van der Waals surface area contributed by atoms with E-state index in [9.17, 15) is 4.79 Å². The van der Waals surface area contributed by atoms with Crippen LogP contribution >= 0.6 is 0 Å². The lowest BCUT2D eigenvalue weighted by atomic mass is 10.0. The lowest BCUT2D eigenvalue weighted by molar-refractivity contribution is 0.0521. The molecule has 2 N–H and O–H groups in total. The molecular weight excluding hydrogens is 266 g/mol. The van der Waals surface area contributed by atoms with Gasteiger partial charge in [0.05, 0.1) is 0 Å². The zero-order valence-electron chi connectivity index (χ0n) is 14.4. The Bertz CT molecular complexity index is 315. The first-order chi connectivity index (χ1) is 9.81. The summed E-state index contributed by atoms with van der Waals surface area (Å²) >= 11 is 0. The van der Waals surface area contributed by atoms with Crippen LogP contribution in [-0.4, -0.2) is 55.4 Å². The lowest BCUT2D eigenvalue weighted by Crippen LogP contribution is -2.48. The molecule has 2 unspecified atom stereocenters. The van der Waals surface area contributed by atoms with Gasteiger partial charge in [-0.15, -0.1) is 0 Å². The van der Waals surface area contributed by atoms with Gasteiger partial charge in [0.15, 0.2) is 0 Å². The van der Waals surface area contributed by atoms with Crippen molar-refractivity contribution in [3.63, 3.8) is 0 Å². The Morgan fingerprint density at radius 2 is 2.10 bits per heavy atom. The number of ether oxygens (including phenoxy) is 1. The van der Waals surface area contributed by atoms with E-state index in [0.717, 1.165) is 13.0 Å². The first kappa shape index (κ1) is 18.2. The summed E-state index contributed by atoms with van der Waals surface area (Å²) in [4.78, 5) is 14.1. The fourth-order valence-electron chi connectivity index (χ4n) is 2.59. The highest BCUT2D eigenvalue weighted by atomic mass is 16.6. The SMILES string of the molecule is CCC(CNC(=O)OC(C)(C)C)NCC1CCCCN1C. The van der Waals surface area contributed by atoms with Crippen LogP contribution in [-0.2, 0) is 4.74 Å². The Hall–Kier alpha value is -0.810. The van der Waals surface area contributed by atoms with E-state index < -0.39 is 5.60 Å². The molecule has 0 saturated carbocycles. The van der Waals surface area contributed by atoms with Gasteiger partial charge in [0.1, 0.15) is 5.60 Å². The van der Waals surface area contributed by atoms with Crippen LogP contribution < -0.4 is 10.6 Å². The molecule has 0 aromatic rings. The minimum Gasteiger partial charge on any atom is -0.444 e. The lowest BCUT2D eigenvalue weighted by Gasteiger charge is -2.33. The van der Waals surface area contributed by atoms with Gasteiger partial charge in [-0.3, -0.25) is 0 Å². The standard InChI is InChI=1S/C16H33N3O2/c1-6-13(11-18-15(20)21-16(2,3)4)17-12-14-9-7-8-10-19(14)5/h13-14,17H,6-12H2,1-5H3,(H,18,20). The molecule has 1 saturated heterocycles. The van der Waals surface area contributed by atoms with Crippen LogP contribution in [0.1, 0.15) is 53.4 Å². The Balaban J connectivity index is 2.26. The number of nitrogens with zero attached hydrogens (tertiary/aromatic N) is 1. The zero-order valence-corrected chi connectivity index (χ0v) is 14.4. The Morgan fingerprint density at radius 1 is 1.38 bits per heavy atom. The zero-order chi connectivity index (χ0) is 15.9. The van der Waals surface area contributed by atoms with Crippen molar-refractivity contribution in [1.82, 2.24) is 15.5 Å². The topological polar surface area (TPSA) is 53.6 Å². The van der Waals surface area contributed by atoms with Crippen LogP contribution in [0.25, 0.3) is 0 Å². The maximum Gasteiger partial charge on any atom is 0.407 e.